The monoisotopic (exact) mass is 285 g/mol. The molecule has 5 heteroatoms. The van der Waals surface area contributed by atoms with E-state index in [0.29, 0.717) is 6.04 Å². The number of carbonyl (C=O) groups is 1. The van der Waals surface area contributed by atoms with Crippen molar-refractivity contribution >= 4 is 5.97 Å². The molecule has 0 amide bonds. The van der Waals surface area contributed by atoms with Gasteiger partial charge in [-0.2, -0.15) is 0 Å². The quantitative estimate of drug-likeness (QED) is 0.705. The van der Waals surface area contributed by atoms with Gasteiger partial charge >= 0.3 is 5.97 Å². The first-order valence-corrected chi connectivity index (χ1v) is 7.53. The molecule has 118 valence electrons. The van der Waals surface area contributed by atoms with E-state index in [0.717, 1.165) is 26.1 Å². The summed E-state index contributed by atoms with van der Waals surface area (Å²) in [5, 5.41) is 3.35. The van der Waals surface area contributed by atoms with E-state index in [-0.39, 0.29) is 12.0 Å². The maximum absolute atomic E-state index is 12.0. The Morgan fingerprint density at radius 2 is 2.15 bits per heavy atom. The van der Waals surface area contributed by atoms with Gasteiger partial charge in [0.15, 0.2) is 0 Å². The molecule has 2 atom stereocenters. The van der Waals surface area contributed by atoms with E-state index in [2.05, 4.69) is 43.1 Å². The first-order valence-electron chi connectivity index (χ1n) is 7.53. The van der Waals surface area contributed by atoms with E-state index in [9.17, 15) is 4.79 Å². The number of rotatable bonds is 7. The van der Waals surface area contributed by atoms with Gasteiger partial charge in [0.1, 0.15) is 5.54 Å². The number of likely N-dealkylation sites (N-methyl/N-ethyl adjacent to an activating group) is 1. The molecule has 0 saturated carbocycles. The topological polar surface area (TPSA) is 44.8 Å². The summed E-state index contributed by atoms with van der Waals surface area (Å²) >= 11 is 0. The number of nitrogens with zero attached hydrogens (tertiary/aromatic N) is 2. The molecule has 1 saturated heterocycles. The van der Waals surface area contributed by atoms with Gasteiger partial charge in [-0.05, 0) is 54.3 Å². The lowest BCUT2D eigenvalue weighted by molar-refractivity contribution is -0.148. The van der Waals surface area contributed by atoms with Gasteiger partial charge in [0, 0.05) is 25.2 Å². The summed E-state index contributed by atoms with van der Waals surface area (Å²) in [6.07, 6.45) is 1.98. The molecular formula is C15H31N3O2. The van der Waals surface area contributed by atoms with Crippen molar-refractivity contribution in [2.75, 3.05) is 40.8 Å². The highest BCUT2D eigenvalue weighted by Gasteiger charge is 2.35. The number of hydrogen-bond donors (Lipinski definition) is 1. The van der Waals surface area contributed by atoms with E-state index < -0.39 is 5.54 Å². The van der Waals surface area contributed by atoms with Crippen molar-refractivity contribution in [3.63, 3.8) is 0 Å². The molecule has 20 heavy (non-hydrogen) atoms. The highest BCUT2D eigenvalue weighted by atomic mass is 16.5. The molecule has 1 aliphatic rings. The van der Waals surface area contributed by atoms with Crippen LogP contribution in [0.25, 0.3) is 0 Å². The molecule has 0 radical (unpaired) electrons. The van der Waals surface area contributed by atoms with Crippen LogP contribution in [-0.2, 0) is 9.53 Å². The summed E-state index contributed by atoms with van der Waals surface area (Å²) in [6, 6.07) is 0.893. The Bertz CT molecular complexity index is 320. The van der Waals surface area contributed by atoms with E-state index in [1.165, 1.54) is 13.5 Å². The Morgan fingerprint density at radius 3 is 2.60 bits per heavy atom. The predicted octanol–water partition coefficient (Wildman–Crippen LogP) is 0.942. The van der Waals surface area contributed by atoms with Crippen LogP contribution in [0.5, 0.6) is 0 Å². The predicted molar refractivity (Wildman–Crippen MR) is 81.8 cm³/mol. The maximum atomic E-state index is 12.0. The van der Waals surface area contributed by atoms with Gasteiger partial charge in [0.2, 0.25) is 0 Å². The number of ether oxygens (including phenoxy) is 1. The van der Waals surface area contributed by atoms with Crippen molar-refractivity contribution in [2.45, 2.75) is 51.2 Å². The van der Waals surface area contributed by atoms with Crippen molar-refractivity contribution in [3.8, 4) is 0 Å². The molecule has 2 unspecified atom stereocenters. The molecule has 1 aliphatic heterocycles. The van der Waals surface area contributed by atoms with Crippen molar-refractivity contribution in [1.82, 2.24) is 15.1 Å². The first kappa shape index (κ1) is 17.4. The third-order valence-electron chi connectivity index (χ3n) is 4.15. The fourth-order valence-corrected chi connectivity index (χ4v) is 2.91. The van der Waals surface area contributed by atoms with Crippen molar-refractivity contribution in [2.24, 2.45) is 0 Å². The minimum absolute atomic E-state index is 0.172. The van der Waals surface area contributed by atoms with Crippen LogP contribution < -0.4 is 5.32 Å². The number of methoxy groups -OCH3 is 1. The third-order valence-corrected chi connectivity index (χ3v) is 4.15. The van der Waals surface area contributed by atoms with E-state index in [4.69, 9.17) is 4.74 Å². The lowest BCUT2D eigenvalue weighted by Crippen LogP contribution is -2.54. The molecule has 0 aliphatic carbocycles. The largest absolute Gasteiger partial charge is 0.468 e. The van der Waals surface area contributed by atoms with Crippen LogP contribution in [0.2, 0.25) is 0 Å². The molecule has 0 aromatic rings. The van der Waals surface area contributed by atoms with Crippen molar-refractivity contribution < 1.29 is 9.53 Å². The van der Waals surface area contributed by atoms with Gasteiger partial charge in [-0.25, -0.2) is 0 Å². The zero-order valence-electron chi connectivity index (χ0n) is 13.9. The Hall–Kier alpha value is -0.650. The highest BCUT2D eigenvalue weighted by Crippen LogP contribution is 2.18. The first-order chi connectivity index (χ1) is 9.28. The Balaban J connectivity index is 2.53. The lowest BCUT2D eigenvalue weighted by Gasteiger charge is -2.32. The summed E-state index contributed by atoms with van der Waals surface area (Å²) in [6.45, 7) is 9.18. The number of hydrogen-bond acceptors (Lipinski definition) is 5. The minimum atomic E-state index is -0.598. The van der Waals surface area contributed by atoms with Gasteiger partial charge in [0.25, 0.3) is 0 Å². The van der Waals surface area contributed by atoms with Crippen LogP contribution in [0.4, 0.5) is 0 Å². The maximum Gasteiger partial charge on any atom is 0.325 e. The molecule has 1 fully saturated rings. The smallest absolute Gasteiger partial charge is 0.325 e. The molecule has 0 spiro atoms. The molecule has 0 aromatic heterocycles. The van der Waals surface area contributed by atoms with Crippen LogP contribution in [0, 0.1) is 0 Å². The van der Waals surface area contributed by atoms with Gasteiger partial charge in [-0.1, -0.05) is 0 Å². The molecule has 5 nitrogen and oxygen atoms in total. The van der Waals surface area contributed by atoms with E-state index in [1.54, 1.807) is 0 Å². The third kappa shape index (κ3) is 4.72. The van der Waals surface area contributed by atoms with Gasteiger partial charge in [-0.3, -0.25) is 10.1 Å². The minimum Gasteiger partial charge on any atom is -0.468 e. The Morgan fingerprint density at radius 1 is 1.50 bits per heavy atom. The zero-order valence-corrected chi connectivity index (χ0v) is 13.9. The zero-order chi connectivity index (χ0) is 15.3. The molecule has 1 rings (SSSR count). The average molecular weight is 285 g/mol. The Labute approximate surface area is 123 Å². The normalized spacial score (nSPS) is 23.3. The summed E-state index contributed by atoms with van der Waals surface area (Å²) in [5.74, 6) is -0.172. The second-order valence-corrected chi connectivity index (χ2v) is 6.58. The Kier molecular flexibility index (Phi) is 6.43. The van der Waals surface area contributed by atoms with Crippen LogP contribution in [0.3, 0.4) is 0 Å². The summed E-state index contributed by atoms with van der Waals surface area (Å²) < 4.78 is 4.96. The standard InChI is InChI=1S/C15H31N3O2/c1-12(2)16-15(3,14(19)20-6)8-10-18-9-7-13(11-18)17(4)5/h12-13,16H,7-11H2,1-6H3. The fourth-order valence-electron chi connectivity index (χ4n) is 2.91. The van der Waals surface area contributed by atoms with Crippen LogP contribution >= 0.6 is 0 Å². The number of likely N-dealkylation sites (tertiary alicyclic amines) is 1. The van der Waals surface area contributed by atoms with Gasteiger partial charge in [0.05, 0.1) is 7.11 Å². The van der Waals surface area contributed by atoms with Gasteiger partial charge < -0.3 is 14.5 Å². The summed E-state index contributed by atoms with van der Waals surface area (Å²) in [4.78, 5) is 16.8. The molecular weight excluding hydrogens is 254 g/mol. The van der Waals surface area contributed by atoms with Gasteiger partial charge in [-0.15, -0.1) is 0 Å². The summed E-state index contributed by atoms with van der Waals surface area (Å²) in [7, 11) is 5.72. The van der Waals surface area contributed by atoms with Crippen LogP contribution in [0.1, 0.15) is 33.6 Å². The number of carbonyl (C=O) groups excluding carboxylic acids is 1. The molecule has 1 heterocycles. The average Bonchev–Trinajstić information content (AvgIpc) is 2.83. The highest BCUT2D eigenvalue weighted by molar-refractivity contribution is 5.80. The molecule has 1 N–H and O–H groups in total. The number of nitrogens with one attached hydrogen (secondary N) is 1. The summed E-state index contributed by atoms with van der Waals surface area (Å²) in [5.41, 5.74) is -0.598. The fraction of sp³-hybridized carbons (Fsp3) is 0.933. The molecule has 0 aromatic carbocycles. The van der Waals surface area contributed by atoms with Crippen molar-refractivity contribution in [3.05, 3.63) is 0 Å². The van der Waals surface area contributed by atoms with Crippen LogP contribution in [-0.4, -0.2) is 74.2 Å². The second-order valence-electron chi connectivity index (χ2n) is 6.58. The van der Waals surface area contributed by atoms with Crippen molar-refractivity contribution in [1.29, 1.82) is 0 Å². The van der Waals surface area contributed by atoms with E-state index >= 15 is 0 Å². The van der Waals surface area contributed by atoms with E-state index in [1.807, 2.05) is 6.92 Å². The SMILES string of the molecule is COC(=O)C(C)(CCN1CCC(N(C)C)C1)NC(C)C. The molecule has 0 bridgehead atoms. The van der Waals surface area contributed by atoms with Crippen LogP contribution in [0.15, 0.2) is 0 Å². The second kappa shape index (κ2) is 7.38. The number of esters is 1. The lowest BCUT2D eigenvalue weighted by atomic mass is 9.96.